The summed E-state index contributed by atoms with van der Waals surface area (Å²) in [4.78, 5) is 23.2. The zero-order valence-corrected chi connectivity index (χ0v) is 22.6. The van der Waals surface area contributed by atoms with Crippen LogP contribution in [0.1, 0.15) is 66.7 Å². The number of amides is 1. The molecule has 0 aliphatic carbocycles. The minimum Gasteiger partial charge on any atom is -0.618 e. The first kappa shape index (κ1) is 26.4. The molecule has 2 aliphatic heterocycles. The van der Waals surface area contributed by atoms with Gasteiger partial charge in [0, 0.05) is 42.6 Å². The summed E-state index contributed by atoms with van der Waals surface area (Å²) >= 11 is 6.10. The SMILES string of the molecule is CCO/N=C(\c1ccc(Cl)cc1)C1CCN(C2(C)CCN(C(=O)c3c(C)cc[n+]([O-])c3C)CC2)CC1. The van der Waals surface area contributed by atoms with Gasteiger partial charge in [0.25, 0.3) is 5.91 Å². The van der Waals surface area contributed by atoms with Gasteiger partial charge in [0.2, 0.25) is 5.69 Å². The number of halogens is 1. The second-order valence-corrected chi connectivity index (χ2v) is 10.7. The van der Waals surface area contributed by atoms with Gasteiger partial charge in [0.1, 0.15) is 12.2 Å². The number of aromatic nitrogens is 1. The van der Waals surface area contributed by atoms with E-state index < -0.39 is 0 Å². The van der Waals surface area contributed by atoms with Gasteiger partial charge >= 0.3 is 0 Å². The number of carbonyl (C=O) groups excluding carboxylic acids is 1. The maximum Gasteiger partial charge on any atom is 0.260 e. The summed E-state index contributed by atoms with van der Waals surface area (Å²) in [6.07, 6.45) is 5.33. The Kier molecular flexibility index (Phi) is 8.20. The third-order valence-electron chi connectivity index (χ3n) is 7.97. The molecule has 0 radical (unpaired) electrons. The first-order valence-corrected chi connectivity index (χ1v) is 13.3. The van der Waals surface area contributed by atoms with Gasteiger partial charge in [0.05, 0.1) is 5.71 Å². The van der Waals surface area contributed by atoms with E-state index in [2.05, 4.69) is 17.0 Å². The van der Waals surface area contributed by atoms with Crippen LogP contribution in [0.4, 0.5) is 0 Å². The van der Waals surface area contributed by atoms with Crippen LogP contribution < -0.4 is 4.73 Å². The van der Waals surface area contributed by atoms with Crippen LogP contribution >= 0.6 is 11.6 Å². The number of carbonyl (C=O) groups is 1. The maximum atomic E-state index is 13.3. The summed E-state index contributed by atoms with van der Waals surface area (Å²) < 4.78 is 0.783. The molecule has 2 aliphatic rings. The van der Waals surface area contributed by atoms with Crippen molar-refractivity contribution >= 4 is 23.2 Å². The zero-order valence-electron chi connectivity index (χ0n) is 21.8. The number of likely N-dealkylation sites (tertiary alicyclic amines) is 2. The van der Waals surface area contributed by atoms with Crippen LogP contribution in [0, 0.1) is 25.0 Å². The van der Waals surface area contributed by atoms with Gasteiger partial charge in [0.15, 0.2) is 6.20 Å². The van der Waals surface area contributed by atoms with E-state index in [1.165, 1.54) is 6.20 Å². The molecule has 2 fully saturated rings. The lowest BCUT2D eigenvalue weighted by atomic mass is 9.82. The number of hydrogen-bond donors (Lipinski definition) is 0. The number of piperidine rings is 2. The van der Waals surface area contributed by atoms with Gasteiger partial charge in [-0.15, -0.1) is 0 Å². The Labute approximate surface area is 219 Å². The fourth-order valence-electron chi connectivity index (χ4n) is 5.57. The van der Waals surface area contributed by atoms with Crippen molar-refractivity contribution in [2.24, 2.45) is 11.1 Å². The molecular weight excluding hydrogens is 476 g/mol. The first-order chi connectivity index (χ1) is 17.2. The van der Waals surface area contributed by atoms with Crippen molar-refractivity contribution in [2.75, 3.05) is 32.8 Å². The van der Waals surface area contributed by atoms with Gasteiger partial charge in [-0.05, 0) is 82.8 Å². The predicted molar refractivity (Wildman–Crippen MR) is 142 cm³/mol. The molecule has 1 amide bonds. The number of pyridine rings is 1. The molecule has 0 bridgehead atoms. The van der Waals surface area contributed by atoms with E-state index in [0.29, 0.717) is 41.9 Å². The number of aryl methyl sites for hydroxylation is 1. The molecule has 1 aromatic carbocycles. The standard InChI is InChI=1S/C28H37ClN4O3/c1-5-36-30-26(22-6-8-24(29)9-7-22)23-11-15-32(16-12-23)28(4)13-18-31(19-14-28)27(34)25-20(2)10-17-33(35)21(25)3/h6-10,17,23H,5,11-16,18-19H2,1-4H3/b30-26+. The lowest BCUT2D eigenvalue weighted by molar-refractivity contribution is -0.612. The molecule has 0 spiro atoms. The summed E-state index contributed by atoms with van der Waals surface area (Å²) in [7, 11) is 0. The third kappa shape index (κ3) is 5.52. The van der Waals surface area contributed by atoms with Gasteiger partial charge in [-0.2, -0.15) is 4.73 Å². The molecule has 0 atom stereocenters. The molecule has 36 heavy (non-hydrogen) atoms. The van der Waals surface area contributed by atoms with Gasteiger partial charge in [-0.3, -0.25) is 9.69 Å². The minimum absolute atomic E-state index is 0.0318. The number of benzene rings is 1. The summed E-state index contributed by atoms with van der Waals surface area (Å²) in [5, 5.41) is 17.2. The van der Waals surface area contributed by atoms with E-state index >= 15 is 0 Å². The van der Waals surface area contributed by atoms with Crippen LogP contribution in [0.3, 0.4) is 0 Å². The van der Waals surface area contributed by atoms with Crippen molar-refractivity contribution in [2.45, 2.75) is 58.9 Å². The van der Waals surface area contributed by atoms with Crippen molar-refractivity contribution in [3.63, 3.8) is 0 Å². The molecule has 194 valence electrons. The quantitative estimate of drug-likeness (QED) is 0.242. The number of oxime groups is 1. The van der Waals surface area contributed by atoms with Crippen molar-refractivity contribution in [1.29, 1.82) is 0 Å². The molecule has 0 N–H and O–H groups in total. The monoisotopic (exact) mass is 512 g/mol. The van der Waals surface area contributed by atoms with E-state index in [1.54, 1.807) is 13.0 Å². The van der Waals surface area contributed by atoms with E-state index in [0.717, 1.165) is 60.3 Å². The van der Waals surface area contributed by atoms with Crippen molar-refractivity contribution in [3.05, 3.63) is 69.1 Å². The molecule has 2 aromatic rings. The Morgan fingerprint density at radius 1 is 1.14 bits per heavy atom. The Balaban J connectivity index is 1.38. The number of nitrogens with zero attached hydrogens (tertiary/aromatic N) is 4. The van der Waals surface area contributed by atoms with E-state index in [-0.39, 0.29) is 11.4 Å². The Morgan fingerprint density at radius 3 is 2.39 bits per heavy atom. The lowest BCUT2D eigenvalue weighted by Crippen LogP contribution is -2.57. The second kappa shape index (κ2) is 11.2. The highest BCUT2D eigenvalue weighted by molar-refractivity contribution is 6.30. The fraction of sp³-hybridized carbons (Fsp3) is 0.536. The normalized spacial score (nSPS) is 19.4. The molecule has 3 heterocycles. The summed E-state index contributed by atoms with van der Waals surface area (Å²) in [5.41, 5.74) is 3.99. The van der Waals surface area contributed by atoms with Gasteiger partial charge in [-0.25, -0.2) is 0 Å². The van der Waals surface area contributed by atoms with E-state index in [4.69, 9.17) is 16.4 Å². The molecule has 0 saturated carbocycles. The predicted octanol–water partition coefficient (Wildman–Crippen LogP) is 4.74. The van der Waals surface area contributed by atoms with Crippen LogP contribution in [0.5, 0.6) is 0 Å². The zero-order chi connectivity index (χ0) is 25.9. The molecule has 7 nitrogen and oxygen atoms in total. The van der Waals surface area contributed by atoms with Crippen molar-refractivity contribution in [1.82, 2.24) is 9.80 Å². The van der Waals surface area contributed by atoms with Crippen LogP contribution in [0.25, 0.3) is 0 Å². The molecule has 1 aromatic heterocycles. The smallest absolute Gasteiger partial charge is 0.260 e. The Morgan fingerprint density at radius 2 is 1.78 bits per heavy atom. The van der Waals surface area contributed by atoms with E-state index in [1.807, 2.05) is 43.0 Å². The highest BCUT2D eigenvalue weighted by Crippen LogP contribution is 2.34. The van der Waals surface area contributed by atoms with Crippen LogP contribution in [-0.2, 0) is 4.84 Å². The Bertz CT molecular complexity index is 1100. The minimum atomic E-state index is -0.0318. The largest absolute Gasteiger partial charge is 0.618 e. The lowest BCUT2D eigenvalue weighted by Gasteiger charge is -2.49. The number of hydrogen-bond acceptors (Lipinski definition) is 5. The van der Waals surface area contributed by atoms with E-state index in [9.17, 15) is 10.0 Å². The Hall–Kier alpha value is -2.64. The molecular formula is C28H37ClN4O3. The molecule has 8 heteroatoms. The second-order valence-electron chi connectivity index (χ2n) is 10.2. The van der Waals surface area contributed by atoms with Gasteiger partial charge < -0.3 is 14.9 Å². The van der Waals surface area contributed by atoms with Crippen molar-refractivity contribution < 1.29 is 14.4 Å². The summed E-state index contributed by atoms with van der Waals surface area (Å²) in [6.45, 7) is 11.8. The highest BCUT2D eigenvalue weighted by Gasteiger charge is 2.40. The van der Waals surface area contributed by atoms with Crippen LogP contribution in [0.15, 0.2) is 41.7 Å². The summed E-state index contributed by atoms with van der Waals surface area (Å²) in [5.74, 6) is 0.303. The molecule has 0 unspecified atom stereocenters. The highest BCUT2D eigenvalue weighted by atomic mass is 35.5. The first-order valence-electron chi connectivity index (χ1n) is 12.9. The summed E-state index contributed by atoms with van der Waals surface area (Å²) in [6, 6.07) is 9.56. The topological polar surface area (TPSA) is 72.1 Å². The van der Waals surface area contributed by atoms with Gasteiger partial charge in [-0.1, -0.05) is 28.9 Å². The average molecular weight is 513 g/mol. The van der Waals surface area contributed by atoms with Crippen LogP contribution in [0.2, 0.25) is 5.02 Å². The fourth-order valence-corrected chi connectivity index (χ4v) is 5.70. The molecule has 2 saturated heterocycles. The molecule has 4 rings (SSSR count). The van der Waals surface area contributed by atoms with Crippen molar-refractivity contribution in [3.8, 4) is 0 Å². The maximum absolute atomic E-state index is 13.3. The number of rotatable bonds is 6. The van der Waals surface area contributed by atoms with Crippen LogP contribution in [-0.4, -0.2) is 59.7 Å². The average Bonchev–Trinajstić information content (AvgIpc) is 2.88. The third-order valence-corrected chi connectivity index (χ3v) is 8.22.